The predicted octanol–water partition coefficient (Wildman–Crippen LogP) is 1.85. The smallest absolute Gasteiger partial charge is 0.151 e. The van der Waals surface area contributed by atoms with Crippen molar-refractivity contribution in [2.24, 2.45) is 0 Å². The van der Waals surface area contributed by atoms with Crippen molar-refractivity contribution in [2.75, 3.05) is 12.8 Å². The molecule has 5 heteroatoms. The molecule has 0 spiro atoms. The summed E-state index contributed by atoms with van der Waals surface area (Å²) in [6.07, 6.45) is 5.17. The molecule has 2 rings (SSSR count). The number of hydrogen-bond acceptors (Lipinski definition) is 4. The Balaban J connectivity index is 1.82. The molecule has 17 heavy (non-hydrogen) atoms. The van der Waals surface area contributed by atoms with Crippen molar-refractivity contribution in [3.05, 3.63) is 22.4 Å². The van der Waals surface area contributed by atoms with E-state index in [0.29, 0.717) is 0 Å². The Hall–Kier alpha value is -0.390. The number of hydrogen-bond donors (Lipinski definition) is 1. The zero-order valence-corrected chi connectivity index (χ0v) is 11.7. The van der Waals surface area contributed by atoms with Gasteiger partial charge in [-0.1, -0.05) is 12.5 Å². The van der Waals surface area contributed by atoms with Crippen molar-refractivity contribution >= 4 is 21.2 Å². The van der Waals surface area contributed by atoms with Gasteiger partial charge < -0.3 is 5.32 Å². The summed E-state index contributed by atoms with van der Waals surface area (Å²) in [5, 5.41) is 5.30. The van der Waals surface area contributed by atoms with E-state index in [1.807, 2.05) is 0 Å². The van der Waals surface area contributed by atoms with Crippen LogP contribution in [0, 0.1) is 0 Å². The van der Waals surface area contributed by atoms with Gasteiger partial charge in [0, 0.05) is 23.7 Å². The maximum absolute atomic E-state index is 11.6. The fourth-order valence-electron chi connectivity index (χ4n) is 2.51. The molecule has 0 amide bonds. The van der Waals surface area contributed by atoms with Crippen molar-refractivity contribution in [3.63, 3.8) is 0 Å². The van der Waals surface area contributed by atoms with Crippen LogP contribution in [0.1, 0.15) is 24.1 Å². The van der Waals surface area contributed by atoms with E-state index in [1.165, 1.54) is 11.1 Å². The Bertz CT molecular complexity index is 439. The first kappa shape index (κ1) is 13.1. The molecule has 1 fully saturated rings. The van der Waals surface area contributed by atoms with E-state index in [-0.39, 0.29) is 11.3 Å². The van der Waals surface area contributed by atoms with Gasteiger partial charge >= 0.3 is 0 Å². The van der Waals surface area contributed by atoms with Crippen molar-refractivity contribution in [3.8, 4) is 0 Å². The normalized spacial score (nSPS) is 25.2. The average molecular weight is 273 g/mol. The van der Waals surface area contributed by atoms with E-state index in [9.17, 15) is 8.42 Å². The molecule has 1 N–H and O–H groups in total. The van der Waals surface area contributed by atoms with Crippen LogP contribution in [0.15, 0.2) is 17.5 Å². The van der Waals surface area contributed by atoms with Crippen molar-refractivity contribution < 1.29 is 8.42 Å². The fraction of sp³-hybridized carbons (Fsp3) is 0.667. The SMILES string of the molecule is CS(=O)(=O)C1CCCC1NCCc1cccs1. The molecule has 1 saturated carbocycles. The van der Waals surface area contributed by atoms with E-state index < -0.39 is 9.84 Å². The van der Waals surface area contributed by atoms with Crippen LogP contribution in [-0.4, -0.2) is 32.5 Å². The van der Waals surface area contributed by atoms with Gasteiger partial charge in [-0.05, 0) is 30.7 Å². The second kappa shape index (κ2) is 5.50. The van der Waals surface area contributed by atoms with Crippen LogP contribution < -0.4 is 5.32 Å². The lowest BCUT2D eigenvalue weighted by Gasteiger charge is -2.19. The second-order valence-electron chi connectivity index (χ2n) is 4.69. The van der Waals surface area contributed by atoms with Gasteiger partial charge in [0.25, 0.3) is 0 Å². The summed E-state index contributed by atoms with van der Waals surface area (Å²) < 4.78 is 23.2. The van der Waals surface area contributed by atoms with Crippen LogP contribution in [0.4, 0.5) is 0 Å². The number of thiophene rings is 1. The Kier molecular flexibility index (Phi) is 4.22. The third kappa shape index (κ3) is 3.53. The van der Waals surface area contributed by atoms with E-state index in [1.54, 1.807) is 11.3 Å². The van der Waals surface area contributed by atoms with Crippen LogP contribution in [0.25, 0.3) is 0 Å². The van der Waals surface area contributed by atoms with Crippen LogP contribution >= 0.6 is 11.3 Å². The molecule has 0 saturated heterocycles. The molecule has 1 aliphatic carbocycles. The van der Waals surface area contributed by atoms with Gasteiger partial charge in [-0.3, -0.25) is 0 Å². The molecule has 0 aliphatic heterocycles. The zero-order chi connectivity index (χ0) is 12.3. The molecule has 0 bridgehead atoms. The predicted molar refractivity (Wildman–Crippen MR) is 72.3 cm³/mol. The second-order valence-corrected chi connectivity index (χ2v) is 7.99. The molecule has 1 aromatic rings. The Labute approximate surface area is 107 Å². The van der Waals surface area contributed by atoms with E-state index in [4.69, 9.17) is 0 Å². The molecule has 3 nitrogen and oxygen atoms in total. The molecule has 1 heterocycles. The quantitative estimate of drug-likeness (QED) is 0.890. The molecule has 2 atom stereocenters. The largest absolute Gasteiger partial charge is 0.312 e. The highest BCUT2D eigenvalue weighted by Gasteiger charge is 2.34. The van der Waals surface area contributed by atoms with E-state index in [0.717, 1.165) is 32.2 Å². The standard InChI is InChI=1S/C12H19NO2S2/c1-17(14,15)12-6-2-5-11(12)13-8-7-10-4-3-9-16-10/h3-4,9,11-13H,2,5-8H2,1H3. The maximum Gasteiger partial charge on any atom is 0.151 e. The highest BCUT2D eigenvalue weighted by Crippen LogP contribution is 2.25. The molecule has 0 radical (unpaired) electrons. The van der Waals surface area contributed by atoms with Gasteiger partial charge in [0.2, 0.25) is 0 Å². The summed E-state index contributed by atoms with van der Waals surface area (Å²) in [6.45, 7) is 0.872. The lowest BCUT2D eigenvalue weighted by molar-refractivity contribution is 0.511. The van der Waals surface area contributed by atoms with E-state index in [2.05, 4.69) is 22.8 Å². The Morgan fingerprint density at radius 3 is 2.94 bits per heavy atom. The van der Waals surface area contributed by atoms with Crippen LogP contribution in [0.2, 0.25) is 0 Å². The zero-order valence-electron chi connectivity index (χ0n) is 10.1. The average Bonchev–Trinajstić information content (AvgIpc) is 2.86. The summed E-state index contributed by atoms with van der Waals surface area (Å²) in [4.78, 5) is 1.35. The van der Waals surface area contributed by atoms with Gasteiger partial charge in [-0.25, -0.2) is 8.42 Å². The van der Waals surface area contributed by atoms with Crippen LogP contribution in [-0.2, 0) is 16.3 Å². The third-order valence-electron chi connectivity index (χ3n) is 3.36. The monoisotopic (exact) mass is 273 g/mol. The van der Waals surface area contributed by atoms with Crippen molar-refractivity contribution in [1.82, 2.24) is 5.32 Å². The summed E-state index contributed by atoms with van der Waals surface area (Å²) in [7, 11) is -2.90. The minimum Gasteiger partial charge on any atom is -0.312 e. The molecule has 2 unspecified atom stereocenters. The minimum absolute atomic E-state index is 0.157. The summed E-state index contributed by atoms with van der Waals surface area (Å²) >= 11 is 1.75. The van der Waals surface area contributed by atoms with Gasteiger partial charge in [-0.2, -0.15) is 0 Å². The molecule has 96 valence electrons. The Morgan fingerprint density at radius 2 is 2.29 bits per heavy atom. The number of nitrogens with one attached hydrogen (secondary N) is 1. The van der Waals surface area contributed by atoms with Gasteiger partial charge in [0.05, 0.1) is 5.25 Å². The topological polar surface area (TPSA) is 46.2 Å². The maximum atomic E-state index is 11.6. The summed E-state index contributed by atoms with van der Waals surface area (Å²) in [5.74, 6) is 0. The summed E-state index contributed by atoms with van der Waals surface area (Å²) in [6, 6.07) is 4.33. The van der Waals surface area contributed by atoms with Crippen LogP contribution in [0.5, 0.6) is 0 Å². The molecule has 1 aromatic heterocycles. The summed E-state index contributed by atoms with van der Waals surface area (Å²) in [5.41, 5.74) is 0. The molecule has 1 aliphatic rings. The lowest BCUT2D eigenvalue weighted by Crippen LogP contribution is -2.40. The highest BCUT2D eigenvalue weighted by molar-refractivity contribution is 7.91. The molecular formula is C12H19NO2S2. The number of sulfone groups is 1. The third-order valence-corrected chi connectivity index (χ3v) is 5.96. The Morgan fingerprint density at radius 1 is 1.47 bits per heavy atom. The highest BCUT2D eigenvalue weighted by atomic mass is 32.2. The van der Waals surface area contributed by atoms with E-state index >= 15 is 0 Å². The van der Waals surface area contributed by atoms with Gasteiger partial charge in [0.1, 0.15) is 0 Å². The fourth-order valence-corrected chi connectivity index (χ4v) is 4.64. The first-order chi connectivity index (χ1) is 8.07. The first-order valence-electron chi connectivity index (χ1n) is 6.02. The van der Waals surface area contributed by atoms with Gasteiger partial charge in [-0.15, -0.1) is 11.3 Å². The lowest BCUT2D eigenvalue weighted by atomic mass is 10.2. The van der Waals surface area contributed by atoms with Crippen LogP contribution in [0.3, 0.4) is 0 Å². The number of rotatable bonds is 5. The first-order valence-corrected chi connectivity index (χ1v) is 8.85. The van der Waals surface area contributed by atoms with Gasteiger partial charge in [0.15, 0.2) is 9.84 Å². The minimum atomic E-state index is -2.90. The van der Waals surface area contributed by atoms with Crippen molar-refractivity contribution in [1.29, 1.82) is 0 Å². The molecular weight excluding hydrogens is 254 g/mol. The van der Waals surface area contributed by atoms with Crippen molar-refractivity contribution in [2.45, 2.75) is 37.0 Å². The molecule has 0 aromatic carbocycles.